The van der Waals surface area contributed by atoms with Gasteiger partial charge in [0.05, 0.1) is 23.3 Å². The van der Waals surface area contributed by atoms with Crippen molar-refractivity contribution in [3.63, 3.8) is 0 Å². The quantitative estimate of drug-likeness (QED) is 0.699. The lowest BCUT2D eigenvalue weighted by atomic mass is 10.2. The van der Waals surface area contributed by atoms with E-state index in [0.717, 1.165) is 13.1 Å². The highest BCUT2D eigenvalue weighted by molar-refractivity contribution is 5.76. The van der Waals surface area contributed by atoms with Crippen LogP contribution in [0.3, 0.4) is 0 Å². The second-order valence-electron chi connectivity index (χ2n) is 6.72. The van der Waals surface area contributed by atoms with E-state index in [4.69, 9.17) is 9.26 Å². The van der Waals surface area contributed by atoms with E-state index in [9.17, 15) is 4.79 Å². The summed E-state index contributed by atoms with van der Waals surface area (Å²) in [7, 11) is 2.04. The molecule has 0 spiro atoms. The molecule has 0 unspecified atom stereocenters. The number of ether oxygens (including phenoxy) is 1. The van der Waals surface area contributed by atoms with Crippen molar-refractivity contribution in [2.45, 2.75) is 32.1 Å². The van der Waals surface area contributed by atoms with Gasteiger partial charge in [-0.15, -0.1) is 0 Å². The maximum absolute atomic E-state index is 12.5. The molecule has 1 fully saturated rings. The lowest BCUT2D eigenvalue weighted by molar-refractivity contribution is -0.0838. The predicted molar refractivity (Wildman–Crippen MR) is 94.8 cm³/mol. The number of fused-ring (bicyclic) bond motifs is 1. The van der Waals surface area contributed by atoms with Crippen LogP contribution >= 0.6 is 0 Å². The Morgan fingerprint density at radius 2 is 2.12 bits per heavy atom. The standard InChI is InChI=1S/C18H21N5O3/c1-12-9-22(2)10-15(25-12)17-20-16(21-26-17)7-8-23-11-19-14-6-4-3-5-13(14)18(23)24/h3-6,11-12,15H,7-10H2,1-2H3/t12-,15-/m1/s1. The van der Waals surface area contributed by atoms with Crippen LogP contribution in [0.4, 0.5) is 0 Å². The number of hydrogen-bond donors (Lipinski definition) is 0. The first-order chi connectivity index (χ1) is 12.6. The molecule has 26 heavy (non-hydrogen) atoms. The van der Waals surface area contributed by atoms with Gasteiger partial charge in [-0.1, -0.05) is 17.3 Å². The second-order valence-corrected chi connectivity index (χ2v) is 6.72. The highest BCUT2D eigenvalue weighted by Gasteiger charge is 2.28. The van der Waals surface area contributed by atoms with Gasteiger partial charge in [0, 0.05) is 26.1 Å². The third-order valence-corrected chi connectivity index (χ3v) is 4.51. The number of nitrogens with zero attached hydrogens (tertiary/aromatic N) is 5. The van der Waals surface area contributed by atoms with E-state index in [0.29, 0.717) is 35.6 Å². The van der Waals surface area contributed by atoms with Crippen molar-refractivity contribution in [3.8, 4) is 0 Å². The van der Waals surface area contributed by atoms with Gasteiger partial charge in [-0.25, -0.2) is 4.98 Å². The summed E-state index contributed by atoms with van der Waals surface area (Å²) in [6.45, 7) is 4.08. The van der Waals surface area contributed by atoms with E-state index < -0.39 is 0 Å². The largest absolute Gasteiger partial charge is 0.363 e. The van der Waals surface area contributed by atoms with Crippen LogP contribution in [0.1, 0.15) is 24.7 Å². The van der Waals surface area contributed by atoms with E-state index >= 15 is 0 Å². The Labute approximate surface area is 150 Å². The monoisotopic (exact) mass is 355 g/mol. The van der Waals surface area contributed by atoms with Gasteiger partial charge in [0.2, 0.25) is 0 Å². The molecule has 136 valence electrons. The van der Waals surface area contributed by atoms with Gasteiger partial charge < -0.3 is 14.2 Å². The van der Waals surface area contributed by atoms with Crippen molar-refractivity contribution < 1.29 is 9.26 Å². The van der Waals surface area contributed by atoms with Crippen molar-refractivity contribution in [1.29, 1.82) is 0 Å². The Balaban J connectivity index is 1.47. The minimum Gasteiger partial charge on any atom is -0.363 e. The van der Waals surface area contributed by atoms with Crippen LogP contribution in [-0.4, -0.2) is 50.8 Å². The molecule has 0 amide bonds. The molecule has 2 atom stereocenters. The minimum atomic E-state index is -0.213. The van der Waals surface area contributed by atoms with Crippen LogP contribution in [0.5, 0.6) is 0 Å². The summed E-state index contributed by atoms with van der Waals surface area (Å²) in [5.74, 6) is 1.05. The number of aromatic nitrogens is 4. The smallest absolute Gasteiger partial charge is 0.261 e. The first-order valence-electron chi connectivity index (χ1n) is 8.71. The highest BCUT2D eigenvalue weighted by atomic mass is 16.5. The summed E-state index contributed by atoms with van der Waals surface area (Å²) in [6, 6.07) is 7.31. The van der Waals surface area contributed by atoms with Gasteiger partial charge in [0.25, 0.3) is 11.4 Å². The van der Waals surface area contributed by atoms with E-state index in [2.05, 4.69) is 20.0 Å². The maximum Gasteiger partial charge on any atom is 0.261 e. The Morgan fingerprint density at radius 1 is 1.27 bits per heavy atom. The van der Waals surface area contributed by atoms with Crippen molar-refractivity contribution >= 4 is 10.9 Å². The summed E-state index contributed by atoms with van der Waals surface area (Å²) >= 11 is 0. The highest BCUT2D eigenvalue weighted by Crippen LogP contribution is 2.23. The lowest BCUT2D eigenvalue weighted by Gasteiger charge is -2.32. The lowest BCUT2D eigenvalue weighted by Crippen LogP contribution is -2.40. The topological polar surface area (TPSA) is 86.3 Å². The maximum atomic E-state index is 12.5. The number of aryl methyl sites for hydroxylation is 2. The molecule has 3 heterocycles. The first kappa shape index (κ1) is 16.9. The fourth-order valence-electron chi connectivity index (χ4n) is 3.28. The SMILES string of the molecule is C[C@@H]1CN(C)C[C@H](c2nc(CCn3cnc4ccccc4c3=O)no2)O1. The Bertz CT molecular complexity index is 957. The molecule has 3 aromatic rings. The van der Waals surface area contributed by atoms with Gasteiger partial charge in [0.15, 0.2) is 5.82 Å². The van der Waals surface area contributed by atoms with Gasteiger partial charge in [-0.2, -0.15) is 4.98 Å². The van der Waals surface area contributed by atoms with Crippen LogP contribution in [0.2, 0.25) is 0 Å². The summed E-state index contributed by atoms with van der Waals surface area (Å²) in [4.78, 5) is 23.5. The van der Waals surface area contributed by atoms with E-state index in [1.807, 2.05) is 32.2 Å². The molecular formula is C18H21N5O3. The molecule has 2 aromatic heterocycles. The number of benzene rings is 1. The van der Waals surface area contributed by atoms with Crippen LogP contribution < -0.4 is 5.56 Å². The van der Waals surface area contributed by atoms with Gasteiger partial charge in [-0.3, -0.25) is 9.36 Å². The minimum absolute atomic E-state index is 0.0645. The molecule has 0 aliphatic carbocycles. The van der Waals surface area contributed by atoms with Crippen LogP contribution in [-0.2, 0) is 17.7 Å². The van der Waals surface area contributed by atoms with Gasteiger partial charge in [-0.05, 0) is 26.1 Å². The fourth-order valence-corrected chi connectivity index (χ4v) is 3.28. The van der Waals surface area contributed by atoms with Crippen molar-refractivity contribution in [2.75, 3.05) is 20.1 Å². The molecule has 1 aliphatic heterocycles. The number of para-hydroxylation sites is 1. The van der Waals surface area contributed by atoms with Crippen LogP contribution in [0, 0.1) is 0 Å². The zero-order chi connectivity index (χ0) is 18.1. The third kappa shape index (κ3) is 3.38. The van der Waals surface area contributed by atoms with Gasteiger partial charge in [0.1, 0.15) is 6.10 Å². The second kappa shape index (κ2) is 6.97. The molecule has 8 nitrogen and oxygen atoms in total. The molecule has 0 saturated carbocycles. The first-order valence-corrected chi connectivity index (χ1v) is 8.71. The zero-order valence-electron chi connectivity index (χ0n) is 14.8. The Morgan fingerprint density at radius 3 is 2.96 bits per heavy atom. The van der Waals surface area contributed by atoms with E-state index in [-0.39, 0.29) is 17.8 Å². The number of morpholine rings is 1. The summed E-state index contributed by atoms with van der Waals surface area (Å²) in [5.41, 5.74) is 0.633. The van der Waals surface area contributed by atoms with E-state index in [1.165, 1.54) is 0 Å². The fraction of sp³-hybridized carbons (Fsp3) is 0.444. The number of rotatable bonds is 4. The number of likely N-dealkylation sites (N-methyl/N-ethyl adjacent to an activating group) is 1. The molecule has 1 aliphatic rings. The molecule has 0 bridgehead atoms. The molecule has 0 N–H and O–H groups in total. The normalized spacial score (nSPS) is 21.3. The van der Waals surface area contributed by atoms with Crippen molar-refractivity contribution in [3.05, 3.63) is 52.7 Å². The summed E-state index contributed by atoms with van der Waals surface area (Å²) in [5, 5.41) is 4.64. The average Bonchev–Trinajstić information content (AvgIpc) is 3.10. The number of hydrogen-bond acceptors (Lipinski definition) is 7. The molecule has 1 aromatic carbocycles. The summed E-state index contributed by atoms with van der Waals surface area (Å²) < 4.78 is 12.8. The Kier molecular flexibility index (Phi) is 4.52. The molecule has 4 rings (SSSR count). The van der Waals surface area contributed by atoms with Crippen LogP contribution in [0.25, 0.3) is 10.9 Å². The van der Waals surface area contributed by atoms with E-state index in [1.54, 1.807) is 17.0 Å². The van der Waals surface area contributed by atoms with Crippen molar-refractivity contribution in [1.82, 2.24) is 24.6 Å². The molecule has 8 heteroatoms. The summed E-state index contributed by atoms with van der Waals surface area (Å²) in [6.07, 6.45) is 1.96. The van der Waals surface area contributed by atoms with Crippen LogP contribution in [0.15, 0.2) is 39.9 Å². The molecular weight excluding hydrogens is 334 g/mol. The molecule has 0 radical (unpaired) electrons. The van der Waals surface area contributed by atoms with Crippen molar-refractivity contribution in [2.24, 2.45) is 0 Å². The molecule has 1 saturated heterocycles. The third-order valence-electron chi connectivity index (χ3n) is 4.51. The Hall–Kier alpha value is -2.58. The predicted octanol–water partition coefficient (Wildman–Crippen LogP) is 1.41. The zero-order valence-corrected chi connectivity index (χ0v) is 14.8. The average molecular weight is 355 g/mol. The van der Waals surface area contributed by atoms with Gasteiger partial charge >= 0.3 is 0 Å².